The number of benzene rings is 5. The normalized spacial score (nSPS) is 26.3. The molecule has 400 valence electrons. The van der Waals surface area contributed by atoms with Crippen molar-refractivity contribution in [2.75, 3.05) is 13.2 Å². The molecule has 0 saturated carbocycles. The second kappa shape index (κ2) is 23.3. The zero-order valence-electron chi connectivity index (χ0n) is 38.3. The average molecular weight is 1100 g/mol. The molecule has 0 radical (unpaired) electrons. The van der Waals surface area contributed by atoms with Crippen LogP contribution in [0.3, 0.4) is 0 Å². The third kappa shape index (κ3) is 13.2. The molecule has 3 saturated heterocycles. The van der Waals surface area contributed by atoms with Crippen molar-refractivity contribution in [3.63, 3.8) is 0 Å². The number of alkyl halides is 6. The Balaban J connectivity index is 1.27. The maximum absolute atomic E-state index is 14.5. The SMILES string of the molecule is O=C(OC[C@H]1OC(OCc2ccccc2)[C@H](OS(=O)(=O)C(F)(F)F)[C@@H](OC(=O)c2ccccc2)[C@@H]1O[C@@H]1O[C@@H]2COC(c3ccccc3)O[C@H]2[C@H](OC(=O)c2ccccc2)[C@H]1OS(=O)(=O)C(F)(F)F)c1ccccc1. The quantitative estimate of drug-likeness (QED) is 0.0303. The van der Waals surface area contributed by atoms with E-state index in [0.717, 1.165) is 0 Å². The van der Waals surface area contributed by atoms with Gasteiger partial charge in [-0.1, -0.05) is 115 Å². The molecule has 3 aliphatic heterocycles. The van der Waals surface area contributed by atoms with E-state index in [1.807, 2.05) is 0 Å². The molecule has 0 N–H and O–H groups in total. The number of carbonyl (C=O) groups is 3. The summed E-state index contributed by atoms with van der Waals surface area (Å²) in [6.07, 6.45) is -24.9. The molecule has 0 amide bonds. The van der Waals surface area contributed by atoms with Crippen LogP contribution in [-0.4, -0.2) is 120 Å². The van der Waals surface area contributed by atoms with Crippen LogP contribution < -0.4 is 0 Å². The maximum atomic E-state index is 14.5. The molecule has 3 fully saturated rings. The summed E-state index contributed by atoms with van der Waals surface area (Å²) >= 11 is 0. The van der Waals surface area contributed by atoms with Crippen molar-refractivity contribution in [1.29, 1.82) is 0 Å². The van der Waals surface area contributed by atoms with Gasteiger partial charge in [-0.2, -0.15) is 43.2 Å². The van der Waals surface area contributed by atoms with E-state index in [1.165, 1.54) is 109 Å². The van der Waals surface area contributed by atoms with Crippen molar-refractivity contribution in [3.05, 3.63) is 179 Å². The Bertz CT molecular complexity index is 2940. The van der Waals surface area contributed by atoms with E-state index in [9.17, 15) is 57.6 Å². The van der Waals surface area contributed by atoms with Gasteiger partial charge in [0.1, 0.15) is 31.0 Å². The molecule has 2 unspecified atom stereocenters. The van der Waals surface area contributed by atoms with Gasteiger partial charge in [0, 0.05) is 5.56 Å². The predicted octanol–water partition coefficient (Wildman–Crippen LogP) is 6.93. The fraction of sp³-hybridized carbons (Fsp3) is 0.327. The van der Waals surface area contributed by atoms with E-state index < -0.39 is 137 Å². The van der Waals surface area contributed by atoms with Crippen molar-refractivity contribution < 1.29 is 109 Å². The first kappa shape index (κ1) is 54.9. The number of hydrogen-bond acceptors (Lipinski definition) is 18. The summed E-state index contributed by atoms with van der Waals surface area (Å²) < 4.78 is 202. The van der Waals surface area contributed by atoms with Crippen LogP contribution in [-0.2, 0) is 77.8 Å². The Kier molecular flexibility index (Phi) is 17.0. The standard InChI is InChI=1S/C49H42F6O18S2/c50-48(51,52)74(59,60)72-40-38(68-43(57)31-20-10-3-11-21-31)37(34(27-63-42(56)30-18-8-2-9-19-30)66-46(40)64-26-29-16-6-1-7-17-29)71-47-41(73-75(61,62)49(53,54)55)39(69-44(58)32-22-12-4-13-23-32)36-35(67-47)28-65-45(70-36)33-24-14-5-15-25-33/h1-25,34-41,45-47H,26-28H2/t34-,35-,36-,37-,38+,39+,40-,41-,45?,46?,47+/m1/s1. The van der Waals surface area contributed by atoms with Crippen LogP contribution in [0.5, 0.6) is 0 Å². The van der Waals surface area contributed by atoms with Crippen molar-refractivity contribution >= 4 is 38.1 Å². The minimum Gasteiger partial charge on any atom is -0.459 e. The molecule has 3 aliphatic rings. The van der Waals surface area contributed by atoms with Gasteiger partial charge in [-0.25, -0.2) is 14.4 Å². The molecule has 0 aliphatic carbocycles. The van der Waals surface area contributed by atoms with E-state index in [4.69, 9.17) is 51.0 Å². The van der Waals surface area contributed by atoms with Gasteiger partial charge in [0.05, 0.1) is 29.9 Å². The molecule has 0 bridgehead atoms. The van der Waals surface area contributed by atoms with Gasteiger partial charge < -0.3 is 42.6 Å². The van der Waals surface area contributed by atoms with Gasteiger partial charge in [-0.05, 0) is 42.0 Å². The Morgan fingerprint density at radius 3 is 1.48 bits per heavy atom. The Labute approximate surface area is 423 Å². The molecular formula is C49H42F6O18S2. The molecule has 5 aromatic rings. The summed E-state index contributed by atoms with van der Waals surface area (Å²) in [5.74, 6) is -3.78. The van der Waals surface area contributed by atoms with E-state index in [-0.39, 0.29) is 16.7 Å². The minimum absolute atomic E-state index is 0.0751. The number of fused-ring (bicyclic) bond motifs is 1. The minimum atomic E-state index is -6.81. The van der Waals surface area contributed by atoms with Crippen LogP contribution in [0.15, 0.2) is 152 Å². The second-order valence-electron chi connectivity index (χ2n) is 16.5. The first-order chi connectivity index (χ1) is 35.7. The van der Waals surface area contributed by atoms with Crippen molar-refractivity contribution in [1.82, 2.24) is 0 Å². The summed E-state index contributed by atoms with van der Waals surface area (Å²) in [4.78, 5) is 41.5. The maximum Gasteiger partial charge on any atom is 0.523 e. The highest BCUT2D eigenvalue weighted by Gasteiger charge is 2.62. The fourth-order valence-electron chi connectivity index (χ4n) is 7.88. The lowest BCUT2D eigenvalue weighted by Crippen LogP contribution is -2.68. The number of hydrogen-bond donors (Lipinski definition) is 0. The van der Waals surface area contributed by atoms with Gasteiger partial charge in [-0.3, -0.25) is 8.37 Å². The lowest BCUT2D eigenvalue weighted by atomic mass is 9.95. The number of carbonyl (C=O) groups excluding carboxylic acids is 3. The number of halogens is 6. The summed E-state index contributed by atoms with van der Waals surface area (Å²) in [6, 6.07) is 36.0. The molecule has 0 spiro atoms. The topological polar surface area (TPSA) is 221 Å². The monoisotopic (exact) mass is 1100 g/mol. The Morgan fingerprint density at radius 1 is 0.520 bits per heavy atom. The lowest BCUT2D eigenvalue weighted by Gasteiger charge is -2.50. The van der Waals surface area contributed by atoms with Crippen LogP contribution in [0.4, 0.5) is 26.3 Å². The molecule has 11 atom stereocenters. The first-order valence-corrected chi connectivity index (χ1v) is 25.2. The predicted molar refractivity (Wildman–Crippen MR) is 241 cm³/mol. The van der Waals surface area contributed by atoms with Crippen molar-refractivity contribution in [2.45, 2.75) is 85.3 Å². The number of esters is 3. The van der Waals surface area contributed by atoms with Gasteiger partial charge in [0.15, 0.2) is 43.3 Å². The number of rotatable bonds is 17. The average Bonchev–Trinajstić information content (AvgIpc) is 3.40. The van der Waals surface area contributed by atoms with Gasteiger partial charge in [0.2, 0.25) is 0 Å². The molecule has 75 heavy (non-hydrogen) atoms. The highest BCUT2D eigenvalue weighted by atomic mass is 32.2. The van der Waals surface area contributed by atoms with Crippen LogP contribution in [0.25, 0.3) is 0 Å². The van der Waals surface area contributed by atoms with Gasteiger partial charge in [0.25, 0.3) is 0 Å². The zero-order chi connectivity index (χ0) is 53.5. The van der Waals surface area contributed by atoms with E-state index >= 15 is 0 Å². The van der Waals surface area contributed by atoms with Gasteiger partial charge >= 0.3 is 49.2 Å². The molecule has 18 nitrogen and oxygen atoms in total. The molecular weight excluding hydrogens is 1050 g/mol. The van der Waals surface area contributed by atoms with Crippen LogP contribution in [0.2, 0.25) is 0 Å². The van der Waals surface area contributed by atoms with Crippen LogP contribution in [0, 0.1) is 0 Å². The number of ether oxygens (including phenoxy) is 9. The van der Waals surface area contributed by atoms with E-state index in [2.05, 4.69) is 0 Å². The van der Waals surface area contributed by atoms with Crippen molar-refractivity contribution in [2.24, 2.45) is 0 Å². The Morgan fingerprint density at radius 2 is 0.973 bits per heavy atom. The summed E-state index contributed by atoms with van der Waals surface area (Å²) in [6.45, 7) is -2.24. The third-order valence-electron chi connectivity index (χ3n) is 11.4. The van der Waals surface area contributed by atoms with E-state index in [0.29, 0.717) is 11.1 Å². The molecule has 3 heterocycles. The summed E-state index contributed by atoms with van der Waals surface area (Å²) in [5, 5.41) is 0. The van der Waals surface area contributed by atoms with Gasteiger partial charge in [-0.15, -0.1) is 0 Å². The largest absolute Gasteiger partial charge is 0.523 e. The summed E-state index contributed by atoms with van der Waals surface area (Å²) in [5.41, 5.74) is -12.4. The molecule has 26 heteroatoms. The zero-order valence-corrected chi connectivity index (χ0v) is 40.0. The smallest absolute Gasteiger partial charge is 0.459 e. The third-order valence-corrected chi connectivity index (χ3v) is 13.5. The lowest BCUT2D eigenvalue weighted by molar-refractivity contribution is -0.381. The van der Waals surface area contributed by atoms with Crippen molar-refractivity contribution in [3.8, 4) is 0 Å². The van der Waals surface area contributed by atoms with E-state index in [1.54, 1.807) is 42.5 Å². The fourth-order valence-corrected chi connectivity index (χ4v) is 9.08. The first-order valence-electron chi connectivity index (χ1n) is 22.4. The second-order valence-corrected chi connectivity index (χ2v) is 19.6. The highest BCUT2D eigenvalue weighted by molar-refractivity contribution is 7.87. The summed E-state index contributed by atoms with van der Waals surface area (Å²) in [7, 11) is -13.6. The molecule has 5 aromatic carbocycles. The van der Waals surface area contributed by atoms with Crippen LogP contribution in [0.1, 0.15) is 48.5 Å². The highest BCUT2D eigenvalue weighted by Crippen LogP contribution is 2.42. The Hall–Kier alpha value is -6.33. The molecule has 0 aromatic heterocycles. The van der Waals surface area contributed by atoms with Crippen LogP contribution >= 0.6 is 0 Å². The molecule has 8 rings (SSSR count).